The summed E-state index contributed by atoms with van der Waals surface area (Å²) in [6, 6.07) is 16.6. The number of hydrogen-bond acceptors (Lipinski definition) is 3. The zero-order chi connectivity index (χ0) is 20.6. The summed E-state index contributed by atoms with van der Waals surface area (Å²) in [6.45, 7) is 8.37. The SMILES string of the molecule is Cc1noc(-c2ccc(C(C)(C)C)cc2)c1C(=O)N[C@@H]1CCCc2ccccc21. The Morgan fingerprint density at radius 1 is 1.10 bits per heavy atom. The van der Waals surface area contributed by atoms with Gasteiger partial charge in [-0.3, -0.25) is 4.79 Å². The maximum atomic E-state index is 13.2. The van der Waals surface area contributed by atoms with Gasteiger partial charge in [-0.1, -0.05) is 74.5 Å². The minimum Gasteiger partial charge on any atom is -0.355 e. The van der Waals surface area contributed by atoms with Gasteiger partial charge in [-0.2, -0.15) is 0 Å². The molecule has 4 nitrogen and oxygen atoms in total. The number of carbonyl (C=O) groups excluding carboxylic acids is 1. The molecule has 29 heavy (non-hydrogen) atoms. The first-order chi connectivity index (χ1) is 13.8. The predicted molar refractivity (Wildman–Crippen MR) is 115 cm³/mol. The Morgan fingerprint density at radius 2 is 1.83 bits per heavy atom. The normalized spacial score (nSPS) is 16.3. The highest BCUT2D eigenvalue weighted by atomic mass is 16.5. The van der Waals surface area contributed by atoms with E-state index < -0.39 is 0 Å². The van der Waals surface area contributed by atoms with Crippen LogP contribution in [0, 0.1) is 6.92 Å². The van der Waals surface area contributed by atoms with Crippen molar-refractivity contribution in [3.8, 4) is 11.3 Å². The third-order valence-corrected chi connectivity index (χ3v) is 5.78. The molecule has 1 aliphatic rings. The number of nitrogens with one attached hydrogen (secondary N) is 1. The number of fused-ring (bicyclic) bond motifs is 1. The quantitative estimate of drug-likeness (QED) is 0.621. The van der Waals surface area contributed by atoms with Crippen LogP contribution in [0.3, 0.4) is 0 Å². The summed E-state index contributed by atoms with van der Waals surface area (Å²) in [7, 11) is 0. The second kappa shape index (κ2) is 7.51. The molecule has 0 spiro atoms. The lowest BCUT2D eigenvalue weighted by molar-refractivity contribution is 0.0932. The van der Waals surface area contributed by atoms with Gasteiger partial charge in [-0.25, -0.2) is 0 Å². The lowest BCUT2D eigenvalue weighted by atomic mass is 9.86. The summed E-state index contributed by atoms with van der Waals surface area (Å²) < 4.78 is 5.58. The lowest BCUT2D eigenvalue weighted by Gasteiger charge is -2.26. The second-order valence-electron chi connectivity index (χ2n) is 8.92. The maximum absolute atomic E-state index is 13.2. The molecule has 0 saturated carbocycles. The number of rotatable bonds is 3. The summed E-state index contributed by atoms with van der Waals surface area (Å²) in [6.07, 6.45) is 3.09. The van der Waals surface area contributed by atoms with Crippen molar-refractivity contribution >= 4 is 5.91 Å². The van der Waals surface area contributed by atoms with Crippen LogP contribution in [0.1, 0.15) is 72.4 Å². The van der Waals surface area contributed by atoms with Crippen LogP contribution in [0.25, 0.3) is 11.3 Å². The summed E-state index contributed by atoms with van der Waals surface area (Å²) in [5.41, 5.74) is 5.86. The smallest absolute Gasteiger partial charge is 0.257 e. The van der Waals surface area contributed by atoms with Crippen molar-refractivity contribution in [1.82, 2.24) is 10.5 Å². The number of nitrogens with zero attached hydrogens (tertiary/aromatic N) is 1. The van der Waals surface area contributed by atoms with Crippen LogP contribution < -0.4 is 5.32 Å². The highest BCUT2D eigenvalue weighted by Gasteiger charge is 2.27. The van der Waals surface area contributed by atoms with Gasteiger partial charge in [0.15, 0.2) is 5.76 Å². The van der Waals surface area contributed by atoms with Crippen LogP contribution in [0.2, 0.25) is 0 Å². The molecule has 1 N–H and O–H groups in total. The molecule has 1 heterocycles. The number of aromatic nitrogens is 1. The maximum Gasteiger partial charge on any atom is 0.257 e. The van der Waals surface area contributed by atoms with Crippen molar-refractivity contribution in [1.29, 1.82) is 0 Å². The average Bonchev–Trinajstić information content (AvgIpc) is 3.09. The van der Waals surface area contributed by atoms with E-state index in [1.807, 2.05) is 25.1 Å². The van der Waals surface area contributed by atoms with E-state index in [0.29, 0.717) is 17.0 Å². The number of carbonyl (C=O) groups is 1. The molecular formula is C25H28N2O2. The molecule has 1 aromatic heterocycles. The zero-order valence-corrected chi connectivity index (χ0v) is 17.6. The molecule has 0 saturated heterocycles. The van der Waals surface area contributed by atoms with Crippen molar-refractivity contribution in [2.24, 2.45) is 0 Å². The Balaban J connectivity index is 1.62. The van der Waals surface area contributed by atoms with Gasteiger partial charge in [0, 0.05) is 5.56 Å². The van der Waals surface area contributed by atoms with Crippen LogP contribution >= 0.6 is 0 Å². The van der Waals surface area contributed by atoms with Crippen LogP contribution in [0.15, 0.2) is 53.1 Å². The van der Waals surface area contributed by atoms with Gasteiger partial charge in [0.25, 0.3) is 5.91 Å². The minimum absolute atomic E-state index is 0.0258. The van der Waals surface area contributed by atoms with Gasteiger partial charge in [0.05, 0.1) is 11.7 Å². The molecule has 0 bridgehead atoms. The van der Waals surface area contributed by atoms with Gasteiger partial charge < -0.3 is 9.84 Å². The molecule has 2 aromatic carbocycles. The van der Waals surface area contributed by atoms with E-state index in [-0.39, 0.29) is 17.4 Å². The molecule has 1 atom stereocenters. The minimum atomic E-state index is -0.125. The van der Waals surface area contributed by atoms with E-state index in [1.165, 1.54) is 16.7 Å². The molecule has 150 valence electrons. The number of benzene rings is 2. The van der Waals surface area contributed by atoms with E-state index in [9.17, 15) is 4.79 Å². The van der Waals surface area contributed by atoms with E-state index in [0.717, 1.165) is 24.8 Å². The Hall–Kier alpha value is -2.88. The predicted octanol–water partition coefficient (Wildman–Crippen LogP) is 5.75. The zero-order valence-electron chi connectivity index (χ0n) is 17.6. The molecule has 1 aliphatic carbocycles. The lowest BCUT2D eigenvalue weighted by Crippen LogP contribution is -2.31. The molecule has 4 heteroatoms. The Kier molecular flexibility index (Phi) is 5.03. The van der Waals surface area contributed by atoms with Gasteiger partial charge in [-0.05, 0) is 48.3 Å². The molecule has 4 rings (SSSR count). The molecule has 0 radical (unpaired) electrons. The van der Waals surface area contributed by atoms with Crippen molar-refractivity contribution in [2.75, 3.05) is 0 Å². The topological polar surface area (TPSA) is 55.1 Å². The van der Waals surface area contributed by atoms with Crippen LogP contribution in [0.4, 0.5) is 0 Å². The summed E-state index contributed by atoms with van der Waals surface area (Å²) >= 11 is 0. The number of amides is 1. The van der Waals surface area contributed by atoms with Crippen molar-refractivity contribution in [3.63, 3.8) is 0 Å². The van der Waals surface area contributed by atoms with E-state index in [2.05, 4.69) is 61.6 Å². The van der Waals surface area contributed by atoms with Gasteiger partial charge in [-0.15, -0.1) is 0 Å². The molecule has 0 aliphatic heterocycles. The monoisotopic (exact) mass is 388 g/mol. The van der Waals surface area contributed by atoms with Crippen LogP contribution in [-0.4, -0.2) is 11.1 Å². The standard InChI is InChI=1S/C25H28N2O2/c1-16-22(23(29-27-16)18-12-14-19(15-13-18)25(2,3)4)24(28)26-21-11-7-9-17-8-5-6-10-20(17)21/h5-6,8,10,12-15,21H,7,9,11H2,1-4H3,(H,26,28)/t21-/m1/s1. The summed E-state index contributed by atoms with van der Waals surface area (Å²) in [5, 5.41) is 7.31. The van der Waals surface area contributed by atoms with Gasteiger partial charge in [0.2, 0.25) is 0 Å². The fourth-order valence-corrected chi connectivity index (χ4v) is 4.09. The molecule has 3 aromatic rings. The summed E-state index contributed by atoms with van der Waals surface area (Å²) in [4.78, 5) is 13.2. The van der Waals surface area contributed by atoms with Gasteiger partial charge >= 0.3 is 0 Å². The summed E-state index contributed by atoms with van der Waals surface area (Å²) in [5.74, 6) is 0.407. The second-order valence-corrected chi connectivity index (χ2v) is 8.92. The molecular weight excluding hydrogens is 360 g/mol. The van der Waals surface area contributed by atoms with Crippen LogP contribution in [-0.2, 0) is 11.8 Å². The van der Waals surface area contributed by atoms with Crippen molar-refractivity contribution in [2.45, 2.75) is 58.4 Å². The first kappa shape index (κ1) is 19.4. The third-order valence-electron chi connectivity index (χ3n) is 5.78. The molecule has 0 fully saturated rings. The highest BCUT2D eigenvalue weighted by Crippen LogP contribution is 2.32. The van der Waals surface area contributed by atoms with E-state index in [4.69, 9.17) is 4.52 Å². The largest absolute Gasteiger partial charge is 0.355 e. The average molecular weight is 389 g/mol. The van der Waals surface area contributed by atoms with Crippen molar-refractivity contribution in [3.05, 3.63) is 76.5 Å². The Morgan fingerprint density at radius 3 is 2.55 bits per heavy atom. The highest BCUT2D eigenvalue weighted by molar-refractivity contribution is 6.00. The van der Waals surface area contributed by atoms with Crippen LogP contribution in [0.5, 0.6) is 0 Å². The number of hydrogen-bond donors (Lipinski definition) is 1. The third kappa shape index (κ3) is 3.84. The Bertz CT molecular complexity index is 1030. The number of aryl methyl sites for hydroxylation is 2. The van der Waals surface area contributed by atoms with E-state index >= 15 is 0 Å². The first-order valence-electron chi connectivity index (χ1n) is 10.3. The molecule has 1 amide bonds. The fourth-order valence-electron chi connectivity index (χ4n) is 4.09. The van der Waals surface area contributed by atoms with Crippen molar-refractivity contribution < 1.29 is 9.32 Å². The Labute approximate surface area is 172 Å². The molecule has 0 unspecified atom stereocenters. The first-order valence-corrected chi connectivity index (χ1v) is 10.3. The fraction of sp³-hybridized carbons (Fsp3) is 0.360. The van der Waals surface area contributed by atoms with Gasteiger partial charge in [0.1, 0.15) is 5.56 Å². The van der Waals surface area contributed by atoms with E-state index in [1.54, 1.807) is 0 Å².